The third-order valence-corrected chi connectivity index (χ3v) is 3.67. The molecule has 0 atom stereocenters. The van der Waals surface area contributed by atoms with Crippen LogP contribution in [0.25, 0.3) is 10.6 Å². The molecule has 0 aliphatic heterocycles. The van der Waals surface area contributed by atoms with Gasteiger partial charge in [0, 0.05) is 9.85 Å². The summed E-state index contributed by atoms with van der Waals surface area (Å²) < 4.78 is 1.23. The van der Waals surface area contributed by atoms with Crippen molar-refractivity contribution < 1.29 is 9.90 Å². The third-order valence-electron chi connectivity index (χ3n) is 1.75. The molecule has 4 nitrogen and oxygen atoms in total. The van der Waals surface area contributed by atoms with Gasteiger partial charge in [-0.15, -0.1) is 11.3 Å². The van der Waals surface area contributed by atoms with Gasteiger partial charge in [0.1, 0.15) is 0 Å². The van der Waals surface area contributed by atoms with Crippen LogP contribution in [-0.2, 0) is 0 Å². The van der Waals surface area contributed by atoms with Crippen LogP contribution in [0.1, 0.15) is 10.5 Å². The number of aromatic amines is 2. The number of hydrogen-bond acceptors (Lipinski definition) is 3. The lowest BCUT2D eigenvalue weighted by Crippen LogP contribution is -1.98. The summed E-state index contributed by atoms with van der Waals surface area (Å²) in [4.78, 5) is 17.2. The van der Waals surface area contributed by atoms with Crippen molar-refractivity contribution in [2.24, 2.45) is 0 Å². The third kappa shape index (κ3) is 2.04. The zero-order valence-corrected chi connectivity index (χ0v) is 10.4. The van der Waals surface area contributed by atoms with Crippen molar-refractivity contribution in [3.63, 3.8) is 0 Å². The molecule has 0 amide bonds. The number of hydrogen-bond donors (Lipinski definition) is 3. The Morgan fingerprint density at radius 2 is 2.27 bits per heavy atom. The van der Waals surface area contributed by atoms with Gasteiger partial charge in [-0.25, -0.2) is 4.79 Å². The molecule has 0 spiro atoms. The summed E-state index contributed by atoms with van der Waals surface area (Å²) in [6.07, 6.45) is 0. The molecular weight excluding hydrogens is 300 g/mol. The fourth-order valence-corrected chi connectivity index (χ4v) is 2.81. The van der Waals surface area contributed by atoms with Gasteiger partial charge < -0.3 is 15.1 Å². The number of carboxylic acids is 1. The Bertz CT molecular complexity index is 569. The number of H-pyrrole nitrogens is 2. The Kier molecular flexibility index (Phi) is 2.76. The Labute approximate surface area is 102 Å². The van der Waals surface area contributed by atoms with Gasteiger partial charge in [0.25, 0.3) is 0 Å². The molecule has 0 aliphatic carbocycles. The van der Waals surface area contributed by atoms with E-state index in [1.54, 1.807) is 0 Å². The highest BCUT2D eigenvalue weighted by atomic mass is 79.9. The quantitative estimate of drug-likeness (QED) is 0.746. The van der Waals surface area contributed by atoms with Crippen LogP contribution in [0.2, 0.25) is 0 Å². The fraction of sp³-hybridized carbons (Fsp3) is 0. The Hall–Kier alpha value is -0.920. The van der Waals surface area contributed by atoms with E-state index >= 15 is 0 Å². The van der Waals surface area contributed by atoms with Gasteiger partial charge in [0.2, 0.25) is 0 Å². The van der Waals surface area contributed by atoms with Gasteiger partial charge in [-0.2, -0.15) is 0 Å². The molecule has 3 N–H and O–H groups in total. The second-order valence-corrected chi connectivity index (χ2v) is 5.00. The van der Waals surface area contributed by atoms with E-state index in [1.807, 2.05) is 11.4 Å². The molecule has 15 heavy (non-hydrogen) atoms. The van der Waals surface area contributed by atoms with Gasteiger partial charge in [0.15, 0.2) is 10.5 Å². The van der Waals surface area contributed by atoms with Crippen LogP contribution in [0.5, 0.6) is 0 Å². The van der Waals surface area contributed by atoms with E-state index in [-0.39, 0.29) is 5.69 Å². The van der Waals surface area contributed by atoms with Crippen molar-refractivity contribution in [1.82, 2.24) is 9.97 Å². The van der Waals surface area contributed by atoms with E-state index in [1.165, 1.54) is 11.3 Å². The summed E-state index contributed by atoms with van der Waals surface area (Å²) in [5.74, 6) is -1.03. The highest BCUT2D eigenvalue weighted by Gasteiger charge is 2.15. The lowest BCUT2D eigenvalue weighted by Gasteiger charge is -1.93. The minimum atomic E-state index is -1.03. The molecule has 2 aromatic rings. The van der Waals surface area contributed by atoms with E-state index in [9.17, 15) is 4.79 Å². The van der Waals surface area contributed by atoms with E-state index in [2.05, 4.69) is 25.9 Å². The normalized spacial score (nSPS) is 10.5. The number of thiophene rings is 1. The summed E-state index contributed by atoms with van der Waals surface area (Å²) in [6.45, 7) is 0. The number of rotatable bonds is 2. The molecule has 2 rings (SSSR count). The average Bonchev–Trinajstić information content (AvgIpc) is 2.71. The largest absolute Gasteiger partial charge is 0.477 e. The van der Waals surface area contributed by atoms with Crippen LogP contribution in [0.4, 0.5) is 0 Å². The number of halogens is 1. The second kappa shape index (κ2) is 3.92. The molecule has 2 aromatic heterocycles. The standard InChI is InChI=1S/C8H5BrN2O2S2/c9-3-1-4(15-2-3)5-6(7(12)13)11-8(14)10-5/h1-2H,(H,12,13)(H2,10,11,14). The van der Waals surface area contributed by atoms with Crippen LogP contribution < -0.4 is 0 Å². The maximum absolute atomic E-state index is 10.9. The van der Waals surface area contributed by atoms with E-state index < -0.39 is 5.97 Å². The Balaban J connectivity index is 2.61. The monoisotopic (exact) mass is 304 g/mol. The number of carbonyl (C=O) groups is 1. The average molecular weight is 305 g/mol. The molecule has 0 unspecified atom stereocenters. The first-order valence-electron chi connectivity index (χ1n) is 3.88. The van der Waals surface area contributed by atoms with Crippen LogP contribution in [0, 0.1) is 4.77 Å². The van der Waals surface area contributed by atoms with Crippen molar-refractivity contribution >= 4 is 45.5 Å². The maximum atomic E-state index is 10.9. The number of imidazole rings is 1. The van der Waals surface area contributed by atoms with Gasteiger partial charge >= 0.3 is 5.97 Å². The zero-order chi connectivity index (χ0) is 11.0. The van der Waals surface area contributed by atoms with E-state index in [0.29, 0.717) is 10.5 Å². The lowest BCUT2D eigenvalue weighted by molar-refractivity contribution is 0.0692. The van der Waals surface area contributed by atoms with Crippen LogP contribution in [0.15, 0.2) is 15.9 Å². The molecular formula is C8H5BrN2O2S2. The first-order chi connectivity index (χ1) is 7.08. The lowest BCUT2D eigenvalue weighted by atomic mass is 10.3. The van der Waals surface area contributed by atoms with Crippen LogP contribution in [-0.4, -0.2) is 21.0 Å². The van der Waals surface area contributed by atoms with Gasteiger partial charge in [0.05, 0.1) is 10.6 Å². The molecule has 7 heteroatoms. The summed E-state index contributed by atoms with van der Waals surface area (Å²) in [5.41, 5.74) is 0.609. The molecule has 0 aromatic carbocycles. The van der Waals surface area contributed by atoms with Crippen LogP contribution in [0.3, 0.4) is 0 Å². The molecule has 0 saturated carbocycles. The van der Waals surface area contributed by atoms with Crippen molar-refractivity contribution in [3.05, 3.63) is 26.4 Å². The highest BCUT2D eigenvalue weighted by molar-refractivity contribution is 9.10. The minimum Gasteiger partial charge on any atom is -0.477 e. The molecule has 0 bridgehead atoms. The first-order valence-corrected chi connectivity index (χ1v) is 5.96. The zero-order valence-electron chi connectivity index (χ0n) is 7.20. The smallest absolute Gasteiger partial charge is 0.354 e. The molecule has 0 aliphatic rings. The predicted molar refractivity (Wildman–Crippen MR) is 63.9 cm³/mol. The summed E-state index contributed by atoms with van der Waals surface area (Å²) >= 11 is 9.62. The molecule has 2 heterocycles. The Morgan fingerprint density at radius 1 is 1.53 bits per heavy atom. The molecule has 78 valence electrons. The molecule has 0 saturated heterocycles. The van der Waals surface area contributed by atoms with Gasteiger partial charge in [-0.3, -0.25) is 0 Å². The summed E-state index contributed by atoms with van der Waals surface area (Å²) in [7, 11) is 0. The van der Waals surface area contributed by atoms with Crippen molar-refractivity contribution in [2.45, 2.75) is 0 Å². The summed E-state index contributed by atoms with van der Waals surface area (Å²) in [6, 6.07) is 1.84. The summed E-state index contributed by atoms with van der Waals surface area (Å²) in [5, 5.41) is 10.8. The van der Waals surface area contributed by atoms with Crippen molar-refractivity contribution in [1.29, 1.82) is 0 Å². The van der Waals surface area contributed by atoms with Gasteiger partial charge in [-0.1, -0.05) is 0 Å². The van der Waals surface area contributed by atoms with Gasteiger partial charge in [-0.05, 0) is 34.2 Å². The molecule has 0 fully saturated rings. The number of nitrogens with one attached hydrogen (secondary N) is 2. The highest BCUT2D eigenvalue weighted by Crippen LogP contribution is 2.30. The number of aromatic carboxylic acids is 1. The number of aromatic nitrogens is 2. The molecule has 0 radical (unpaired) electrons. The van der Waals surface area contributed by atoms with Crippen molar-refractivity contribution in [3.8, 4) is 10.6 Å². The predicted octanol–water partition coefficient (Wildman–Crippen LogP) is 3.26. The number of carboxylic acid groups (broad SMARTS) is 1. The maximum Gasteiger partial charge on any atom is 0.354 e. The fourth-order valence-electron chi connectivity index (χ4n) is 1.17. The second-order valence-electron chi connectivity index (χ2n) is 2.76. The topological polar surface area (TPSA) is 68.9 Å². The first kappa shape index (κ1) is 10.6. The van der Waals surface area contributed by atoms with E-state index in [4.69, 9.17) is 17.3 Å². The SMILES string of the molecule is O=C(O)c1[nH]c(=S)[nH]c1-c1cc(Br)cs1. The minimum absolute atomic E-state index is 0.0920. The Morgan fingerprint density at radius 3 is 2.80 bits per heavy atom. The van der Waals surface area contributed by atoms with Crippen molar-refractivity contribution in [2.75, 3.05) is 0 Å². The van der Waals surface area contributed by atoms with Crippen LogP contribution >= 0.6 is 39.5 Å². The van der Waals surface area contributed by atoms with E-state index in [0.717, 1.165) is 9.35 Å².